The molecule has 0 unspecified atom stereocenters. The van der Waals surface area contributed by atoms with Gasteiger partial charge in [0.15, 0.2) is 4.33 Å². The van der Waals surface area contributed by atoms with Crippen molar-refractivity contribution in [2.75, 3.05) is 0 Å². The van der Waals surface area contributed by atoms with Crippen molar-refractivity contribution in [2.24, 2.45) is 23.7 Å². The Morgan fingerprint density at radius 3 is 1.56 bits per heavy atom. The van der Waals surface area contributed by atoms with Crippen LogP contribution < -0.4 is 0 Å². The molecule has 100 valence electrons. The number of hydrogen-bond acceptors (Lipinski definition) is 0. The zero-order valence-electron chi connectivity index (χ0n) is 9.20. The highest BCUT2D eigenvalue weighted by Gasteiger charge is 2.85. The van der Waals surface area contributed by atoms with E-state index in [1.165, 1.54) is 12.8 Å². The largest absolute Gasteiger partial charge is 0.166 e. The van der Waals surface area contributed by atoms with Crippen LogP contribution in [0.5, 0.6) is 0 Å². The lowest BCUT2D eigenvalue weighted by molar-refractivity contribution is 0.219. The minimum absolute atomic E-state index is 0.153. The van der Waals surface area contributed by atoms with Gasteiger partial charge < -0.3 is 0 Å². The monoisotopic (exact) mass is 364 g/mol. The van der Waals surface area contributed by atoms with Crippen molar-refractivity contribution in [3.05, 3.63) is 10.1 Å². The van der Waals surface area contributed by atoms with E-state index in [1.54, 1.807) is 0 Å². The van der Waals surface area contributed by atoms with Gasteiger partial charge in [0.2, 0.25) is 0 Å². The average Bonchev–Trinajstić information content (AvgIpc) is 2.97. The molecule has 0 amide bonds. The predicted octanol–water partition coefficient (Wildman–Crippen LogP) is 5.49. The minimum Gasteiger partial charge on any atom is -0.109 e. The van der Waals surface area contributed by atoms with E-state index >= 15 is 0 Å². The Morgan fingerprint density at radius 2 is 1.17 bits per heavy atom. The fourth-order valence-corrected chi connectivity index (χ4v) is 8.18. The molecule has 6 heteroatoms. The third kappa shape index (κ3) is 1.01. The Kier molecular flexibility index (Phi) is 2.52. The number of fused-ring (bicyclic) bond motifs is 9. The first-order chi connectivity index (χ1) is 8.28. The molecule has 3 saturated carbocycles. The van der Waals surface area contributed by atoms with E-state index in [1.807, 2.05) is 0 Å². The zero-order valence-corrected chi connectivity index (χ0v) is 13.7. The molecule has 0 aromatic carbocycles. The molecule has 0 spiro atoms. The Hall–Kier alpha value is 1.48. The molecular weight excluding hydrogens is 357 g/mol. The van der Waals surface area contributed by atoms with E-state index in [-0.39, 0.29) is 11.8 Å². The summed E-state index contributed by atoms with van der Waals surface area (Å²) in [5.41, 5.74) is 0. The molecule has 0 saturated heterocycles. The van der Waals surface area contributed by atoms with E-state index in [9.17, 15) is 0 Å². The van der Waals surface area contributed by atoms with E-state index in [2.05, 4.69) is 0 Å². The van der Waals surface area contributed by atoms with Crippen LogP contribution in [0.15, 0.2) is 10.1 Å². The number of hydrogen-bond donors (Lipinski definition) is 0. The molecule has 0 heterocycles. The SMILES string of the molecule is ClC1=C(Cl)[C@@]2(Cl)[C@@H]3[C@H]4CC[C@@H](C4)[C@H]3[C@@]1(Cl)C2(Cl)Cl. The van der Waals surface area contributed by atoms with E-state index < -0.39 is 14.1 Å². The molecule has 0 aromatic heterocycles. The summed E-state index contributed by atoms with van der Waals surface area (Å²) in [6, 6.07) is 0. The lowest BCUT2D eigenvalue weighted by atomic mass is 9.73. The maximum atomic E-state index is 6.80. The van der Waals surface area contributed by atoms with Gasteiger partial charge in [-0.2, -0.15) is 0 Å². The third-order valence-electron chi connectivity index (χ3n) is 5.58. The first-order valence-electron chi connectivity index (χ1n) is 6.09. The summed E-state index contributed by atoms with van der Waals surface area (Å²) in [5, 5.41) is 0.722. The lowest BCUT2D eigenvalue weighted by Crippen LogP contribution is -2.46. The van der Waals surface area contributed by atoms with Crippen molar-refractivity contribution < 1.29 is 0 Å². The third-order valence-corrected chi connectivity index (χ3v) is 9.87. The first-order valence-corrected chi connectivity index (χ1v) is 8.36. The highest BCUT2D eigenvalue weighted by atomic mass is 35.5. The number of halogens is 6. The van der Waals surface area contributed by atoms with E-state index in [0.717, 1.165) is 6.42 Å². The van der Waals surface area contributed by atoms with Gasteiger partial charge in [0, 0.05) is 0 Å². The van der Waals surface area contributed by atoms with Gasteiger partial charge in [-0.1, -0.05) is 46.4 Å². The molecule has 4 bridgehead atoms. The second-order valence-corrected chi connectivity index (χ2v) is 9.29. The second kappa shape index (κ2) is 3.45. The van der Waals surface area contributed by atoms with E-state index in [0.29, 0.717) is 21.9 Å². The van der Waals surface area contributed by atoms with Crippen molar-refractivity contribution in [2.45, 2.75) is 33.3 Å². The zero-order chi connectivity index (χ0) is 13.1. The fourth-order valence-electron chi connectivity index (χ4n) is 5.01. The number of allylic oxidation sites excluding steroid dienone is 2. The Morgan fingerprint density at radius 1 is 0.778 bits per heavy atom. The molecule has 0 aliphatic heterocycles. The van der Waals surface area contributed by atoms with Crippen LogP contribution in [-0.2, 0) is 0 Å². The maximum absolute atomic E-state index is 6.80. The molecule has 4 rings (SSSR count). The fraction of sp³-hybridized carbons (Fsp3) is 0.833. The van der Waals surface area contributed by atoms with Gasteiger partial charge in [-0.3, -0.25) is 0 Å². The Labute approximate surface area is 136 Å². The van der Waals surface area contributed by atoms with Crippen LogP contribution in [0.4, 0.5) is 0 Å². The van der Waals surface area contributed by atoms with Crippen molar-refractivity contribution >= 4 is 69.6 Å². The van der Waals surface area contributed by atoms with Gasteiger partial charge in [0.1, 0.15) is 9.75 Å². The normalized spacial score (nSPS) is 59.7. The average molecular weight is 367 g/mol. The van der Waals surface area contributed by atoms with Crippen LogP contribution in [0.1, 0.15) is 19.3 Å². The van der Waals surface area contributed by atoms with Crippen LogP contribution in [0, 0.1) is 23.7 Å². The van der Waals surface area contributed by atoms with Crippen molar-refractivity contribution in [1.82, 2.24) is 0 Å². The molecule has 3 fully saturated rings. The quantitative estimate of drug-likeness (QED) is 0.392. The smallest absolute Gasteiger partial charge is 0.109 e. The second-order valence-electron chi connectivity index (χ2n) is 6.01. The lowest BCUT2D eigenvalue weighted by Gasteiger charge is -2.39. The molecule has 4 aliphatic rings. The van der Waals surface area contributed by atoms with Gasteiger partial charge in [0.25, 0.3) is 0 Å². The van der Waals surface area contributed by atoms with Crippen LogP contribution in [0.3, 0.4) is 0 Å². The molecule has 0 nitrogen and oxygen atoms in total. The van der Waals surface area contributed by atoms with Crippen LogP contribution in [0.25, 0.3) is 0 Å². The van der Waals surface area contributed by atoms with Crippen LogP contribution in [-0.4, -0.2) is 14.1 Å². The minimum atomic E-state index is -1.33. The van der Waals surface area contributed by atoms with Crippen molar-refractivity contribution in [1.29, 1.82) is 0 Å². The molecule has 4 aliphatic carbocycles. The predicted molar refractivity (Wildman–Crippen MR) is 78.1 cm³/mol. The summed E-state index contributed by atoms with van der Waals surface area (Å²) in [7, 11) is 0. The first kappa shape index (κ1) is 13.2. The Balaban J connectivity index is 2.01. The number of rotatable bonds is 0. The van der Waals surface area contributed by atoms with Crippen molar-refractivity contribution in [3.63, 3.8) is 0 Å². The maximum Gasteiger partial charge on any atom is 0.166 e. The topological polar surface area (TPSA) is 0 Å². The number of alkyl halides is 4. The van der Waals surface area contributed by atoms with Gasteiger partial charge in [-0.05, 0) is 42.9 Å². The summed E-state index contributed by atoms with van der Waals surface area (Å²) in [4.78, 5) is -2.03. The molecule has 0 N–H and O–H groups in total. The van der Waals surface area contributed by atoms with Crippen molar-refractivity contribution in [3.8, 4) is 0 Å². The molecule has 0 radical (unpaired) electrons. The standard InChI is InChI=1S/C12H10Cl6/c13-8-9(14)11(16)7-5-2-1-4(3-5)6(7)10(8,15)12(11,17)18/h4-7H,1-3H2/t4-,5-,6+,7+,10-,11-/m0/s1. The Bertz CT molecular complexity index is 445. The van der Waals surface area contributed by atoms with Crippen LogP contribution in [0.2, 0.25) is 0 Å². The van der Waals surface area contributed by atoms with Gasteiger partial charge in [0.05, 0.1) is 10.1 Å². The summed E-state index contributed by atoms with van der Waals surface area (Å²) >= 11 is 39.4. The molecular formula is C12H10Cl6. The summed E-state index contributed by atoms with van der Waals surface area (Å²) in [6.07, 6.45) is 3.48. The highest BCUT2D eigenvalue weighted by molar-refractivity contribution is 6.65. The molecule has 0 aromatic rings. The van der Waals surface area contributed by atoms with Gasteiger partial charge >= 0.3 is 0 Å². The van der Waals surface area contributed by atoms with E-state index in [4.69, 9.17) is 69.6 Å². The van der Waals surface area contributed by atoms with Gasteiger partial charge in [-0.25, -0.2) is 0 Å². The highest BCUT2D eigenvalue weighted by Crippen LogP contribution is 2.82. The van der Waals surface area contributed by atoms with Crippen LogP contribution >= 0.6 is 69.6 Å². The summed E-state index contributed by atoms with van der Waals surface area (Å²) in [5.74, 6) is 1.35. The molecule has 6 atom stereocenters. The summed E-state index contributed by atoms with van der Waals surface area (Å²) in [6.45, 7) is 0. The molecule has 18 heavy (non-hydrogen) atoms. The summed E-state index contributed by atoms with van der Waals surface area (Å²) < 4.78 is -1.33. The van der Waals surface area contributed by atoms with Gasteiger partial charge in [-0.15, -0.1) is 23.2 Å².